The SMILES string of the molecule is COc1cc(/C=C/C(=O)NCCS(=O)(=O)N2CCN(c3ccccn3)CC2)ccc1OCC#N. The number of benzene rings is 1. The standard InChI is InChI=1S/C23H27N5O5S/c1-32-21-18-19(5-7-20(21)33-16-9-24)6-8-23(29)26-11-17-34(30,31)28-14-12-27(13-15-28)22-4-2-3-10-25-22/h2-8,10,18H,11-17H2,1H3,(H,26,29)/b8-6+. The van der Waals surface area contributed by atoms with Crippen molar-refractivity contribution in [2.75, 3.05) is 57.1 Å². The zero-order valence-corrected chi connectivity index (χ0v) is 19.7. The van der Waals surface area contributed by atoms with E-state index in [4.69, 9.17) is 14.7 Å². The summed E-state index contributed by atoms with van der Waals surface area (Å²) in [6.45, 7) is 1.79. The van der Waals surface area contributed by atoms with Gasteiger partial charge in [-0.25, -0.2) is 13.4 Å². The number of methoxy groups -OCH3 is 1. The highest BCUT2D eigenvalue weighted by Gasteiger charge is 2.27. The number of aromatic nitrogens is 1. The number of carbonyl (C=O) groups excluding carboxylic acids is 1. The first-order chi connectivity index (χ1) is 16.4. The Labute approximate surface area is 199 Å². The van der Waals surface area contributed by atoms with Crippen LogP contribution in [0.15, 0.2) is 48.7 Å². The van der Waals surface area contributed by atoms with E-state index >= 15 is 0 Å². The molecule has 1 saturated heterocycles. The van der Waals surface area contributed by atoms with E-state index in [9.17, 15) is 13.2 Å². The molecule has 180 valence electrons. The molecule has 10 nitrogen and oxygen atoms in total. The Balaban J connectivity index is 1.45. The minimum atomic E-state index is -3.48. The highest BCUT2D eigenvalue weighted by molar-refractivity contribution is 7.89. The van der Waals surface area contributed by atoms with Crippen molar-refractivity contribution in [3.05, 3.63) is 54.2 Å². The van der Waals surface area contributed by atoms with Gasteiger partial charge in [0.2, 0.25) is 15.9 Å². The van der Waals surface area contributed by atoms with Crippen LogP contribution in [0.4, 0.5) is 5.82 Å². The van der Waals surface area contributed by atoms with Crippen molar-refractivity contribution in [3.8, 4) is 17.6 Å². The summed E-state index contributed by atoms with van der Waals surface area (Å²) in [5.41, 5.74) is 0.690. The number of sulfonamides is 1. The van der Waals surface area contributed by atoms with Crippen LogP contribution in [0.5, 0.6) is 11.5 Å². The van der Waals surface area contributed by atoms with Gasteiger partial charge in [-0.2, -0.15) is 9.57 Å². The summed E-state index contributed by atoms with van der Waals surface area (Å²) in [6, 6.07) is 12.6. The summed E-state index contributed by atoms with van der Waals surface area (Å²) in [5, 5.41) is 11.2. The number of ether oxygens (including phenoxy) is 2. The van der Waals surface area contributed by atoms with Crippen molar-refractivity contribution < 1.29 is 22.7 Å². The van der Waals surface area contributed by atoms with E-state index in [1.54, 1.807) is 30.5 Å². The molecule has 0 aliphatic carbocycles. The van der Waals surface area contributed by atoms with Crippen LogP contribution in [0.1, 0.15) is 5.56 Å². The molecule has 1 amide bonds. The van der Waals surface area contributed by atoms with Crippen LogP contribution in [-0.4, -0.2) is 75.8 Å². The first-order valence-electron chi connectivity index (χ1n) is 10.7. The molecular formula is C23H27N5O5S. The van der Waals surface area contributed by atoms with E-state index in [0.29, 0.717) is 43.2 Å². The minimum Gasteiger partial charge on any atom is -0.493 e. The van der Waals surface area contributed by atoms with Crippen LogP contribution in [0.3, 0.4) is 0 Å². The normalized spacial score (nSPS) is 14.5. The molecule has 0 atom stereocenters. The molecule has 1 aliphatic rings. The monoisotopic (exact) mass is 485 g/mol. The molecule has 0 radical (unpaired) electrons. The fraction of sp³-hybridized carbons (Fsp3) is 0.348. The number of piperazine rings is 1. The lowest BCUT2D eigenvalue weighted by atomic mass is 10.2. The van der Waals surface area contributed by atoms with Gasteiger partial charge in [-0.15, -0.1) is 0 Å². The molecule has 0 unspecified atom stereocenters. The van der Waals surface area contributed by atoms with Gasteiger partial charge in [0, 0.05) is 45.0 Å². The molecule has 11 heteroatoms. The Morgan fingerprint density at radius 1 is 1.21 bits per heavy atom. The predicted molar refractivity (Wildman–Crippen MR) is 128 cm³/mol. The van der Waals surface area contributed by atoms with Gasteiger partial charge >= 0.3 is 0 Å². The quantitative estimate of drug-likeness (QED) is 0.499. The van der Waals surface area contributed by atoms with Gasteiger partial charge in [0.05, 0.1) is 12.9 Å². The van der Waals surface area contributed by atoms with Crippen LogP contribution >= 0.6 is 0 Å². The summed E-state index contributed by atoms with van der Waals surface area (Å²) >= 11 is 0. The van der Waals surface area contributed by atoms with Gasteiger partial charge in [-0.3, -0.25) is 4.79 Å². The molecule has 3 rings (SSSR count). The maximum Gasteiger partial charge on any atom is 0.244 e. The Morgan fingerprint density at radius 3 is 2.68 bits per heavy atom. The lowest BCUT2D eigenvalue weighted by Crippen LogP contribution is -2.50. The number of nitriles is 1. The summed E-state index contributed by atoms with van der Waals surface area (Å²) in [6.07, 6.45) is 4.62. The molecule has 1 aromatic carbocycles. The molecule has 1 fully saturated rings. The van der Waals surface area contributed by atoms with Crippen molar-refractivity contribution in [2.45, 2.75) is 0 Å². The van der Waals surface area contributed by atoms with E-state index in [1.165, 1.54) is 17.5 Å². The Kier molecular flexibility index (Phi) is 8.84. The molecule has 2 aromatic rings. The number of hydrogen-bond acceptors (Lipinski definition) is 8. The predicted octanol–water partition coefficient (Wildman–Crippen LogP) is 1.27. The van der Waals surface area contributed by atoms with Crippen LogP contribution in [-0.2, 0) is 14.8 Å². The van der Waals surface area contributed by atoms with Crippen molar-refractivity contribution in [3.63, 3.8) is 0 Å². The summed E-state index contributed by atoms with van der Waals surface area (Å²) in [7, 11) is -2.00. The Morgan fingerprint density at radius 2 is 2.00 bits per heavy atom. The molecular weight excluding hydrogens is 458 g/mol. The van der Waals surface area contributed by atoms with Crippen molar-refractivity contribution in [2.24, 2.45) is 0 Å². The highest BCUT2D eigenvalue weighted by Crippen LogP contribution is 2.28. The van der Waals surface area contributed by atoms with Gasteiger partial charge in [0.15, 0.2) is 18.1 Å². The topological polar surface area (TPSA) is 125 Å². The second-order valence-corrected chi connectivity index (χ2v) is 9.46. The third kappa shape index (κ3) is 6.94. The first kappa shape index (κ1) is 25.0. The van der Waals surface area contributed by atoms with Crippen LogP contribution in [0.25, 0.3) is 6.08 Å². The number of rotatable bonds is 10. The average Bonchev–Trinajstić information content (AvgIpc) is 2.87. The molecule has 1 N–H and O–H groups in total. The molecule has 0 bridgehead atoms. The molecule has 1 aromatic heterocycles. The van der Waals surface area contributed by atoms with E-state index in [-0.39, 0.29) is 18.9 Å². The zero-order chi connectivity index (χ0) is 24.4. The maximum absolute atomic E-state index is 12.6. The largest absolute Gasteiger partial charge is 0.493 e. The minimum absolute atomic E-state index is 0.0101. The lowest BCUT2D eigenvalue weighted by Gasteiger charge is -2.34. The molecule has 2 heterocycles. The lowest BCUT2D eigenvalue weighted by molar-refractivity contribution is -0.116. The van der Waals surface area contributed by atoms with Crippen LogP contribution in [0.2, 0.25) is 0 Å². The van der Waals surface area contributed by atoms with E-state index < -0.39 is 15.9 Å². The smallest absolute Gasteiger partial charge is 0.244 e. The van der Waals surface area contributed by atoms with Gasteiger partial charge in [0.1, 0.15) is 11.9 Å². The van der Waals surface area contributed by atoms with Gasteiger partial charge < -0.3 is 19.7 Å². The number of pyridine rings is 1. The Bertz CT molecular complexity index is 1140. The van der Waals surface area contributed by atoms with Crippen molar-refractivity contribution in [1.29, 1.82) is 5.26 Å². The van der Waals surface area contributed by atoms with E-state index in [0.717, 1.165) is 5.82 Å². The Hall–Kier alpha value is -3.62. The van der Waals surface area contributed by atoms with Gasteiger partial charge in [-0.05, 0) is 35.9 Å². The van der Waals surface area contributed by atoms with Crippen LogP contribution < -0.4 is 19.7 Å². The molecule has 1 aliphatic heterocycles. The number of hydrogen-bond donors (Lipinski definition) is 1. The number of carbonyl (C=O) groups is 1. The van der Waals surface area contributed by atoms with Crippen molar-refractivity contribution >= 4 is 27.8 Å². The number of anilines is 1. The molecule has 0 spiro atoms. The maximum atomic E-state index is 12.6. The zero-order valence-electron chi connectivity index (χ0n) is 18.9. The number of amides is 1. The average molecular weight is 486 g/mol. The molecule has 34 heavy (non-hydrogen) atoms. The summed E-state index contributed by atoms with van der Waals surface area (Å²) < 4.78 is 37.2. The van der Waals surface area contributed by atoms with Crippen LogP contribution in [0, 0.1) is 11.3 Å². The first-order valence-corrected chi connectivity index (χ1v) is 12.3. The van der Waals surface area contributed by atoms with Gasteiger partial charge in [-0.1, -0.05) is 12.1 Å². The molecule has 0 saturated carbocycles. The second-order valence-electron chi connectivity index (χ2n) is 7.37. The highest BCUT2D eigenvalue weighted by atomic mass is 32.2. The fourth-order valence-corrected chi connectivity index (χ4v) is 4.75. The van der Waals surface area contributed by atoms with E-state index in [2.05, 4.69) is 15.2 Å². The fourth-order valence-electron chi connectivity index (χ4n) is 3.42. The van der Waals surface area contributed by atoms with Crippen molar-refractivity contribution in [1.82, 2.24) is 14.6 Å². The summed E-state index contributed by atoms with van der Waals surface area (Å²) in [4.78, 5) is 18.5. The number of nitrogens with zero attached hydrogens (tertiary/aromatic N) is 4. The third-order valence-corrected chi connectivity index (χ3v) is 7.04. The summed E-state index contributed by atoms with van der Waals surface area (Å²) in [5.74, 6) is 1.12. The van der Waals surface area contributed by atoms with E-state index in [1.807, 2.05) is 24.3 Å². The third-order valence-electron chi connectivity index (χ3n) is 5.17. The van der Waals surface area contributed by atoms with Gasteiger partial charge in [0.25, 0.3) is 0 Å². The second kappa shape index (κ2) is 12.0. The number of nitrogens with one attached hydrogen (secondary N) is 1.